The molecule has 0 saturated heterocycles. The summed E-state index contributed by atoms with van der Waals surface area (Å²) in [5, 5.41) is 3.61. The highest BCUT2D eigenvalue weighted by Crippen LogP contribution is 2.31. The summed E-state index contributed by atoms with van der Waals surface area (Å²) in [4.78, 5) is 18.2. The highest BCUT2D eigenvalue weighted by Gasteiger charge is 2.14. The number of hydrogen-bond acceptors (Lipinski definition) is 4. The van der Waals surface area contributed by atoms with E-state index in [-0.39, 0.29) is 11.8 Å². The largest absolute Gasteiger partial charge is 0.445 e. The molecular formula is C20H20FN3O2S. The van der Waals surface area contributed by atoms with Gasteiger partial charge in [0.05, 0.1) is 6.20 Å². The number of amides is 2. The van der Waals surface area contributed by atoms with E-state index in [1.807, 2.05) is 24.3 Å². The fraction of sp³-hybridized carbons (Fsp3) is 0.200. The van der Waals surface area contributed by atoms with Crippen molar-refractivity contribution in [3.8, 4) is 10.8 Å². The zero-order valence-electron chi connectivity index (χ0n) is 15.3. The van der Waals surface area contributed by atoms with Gasteiger partial charge in [-0.15, -0.1) is 0 Å². The van der Waals surface area contributed by atoms with Gasteiger partial charge in [0, 0.05) is 18.8 Å². The number of rotatable bonds is 5. The standard InChI is InChI=1S/C20H20FN3O2S/c1-13(2)14-6-4-8-16(10-14)24(3)20(25)23-19-22-12-18(27-19)26-17-9-5-7-15(21)11-17/h4-13H,1-3H3,(H,22,23,25). The van der Waals surface area contributed by atoms with E-state index < -0.39 is 0 Å². The second-order valence-electron chi connectivity index (χ2n) is 6.28. The summed E-state index contributed by atoms with van der Waals surface area (Å²) in [6, 6.07) is 13.4. The zero-order valence-corrected chi connectivity index (χ0v) is 16.1. The molecule has 3 aromatic rings. The van der Waals surface area contributed by atoms with E-state index in [2.05, 4.69) is 24.1 Å². The van der Waals surface area contributed by atoms with Crippen LogP contribution in [0.4, 0.5) is 20.0 Å². The maximum atomic E-state index is 13.2. The predicted octanol–water partition coefficient (Wildman–Crippen LogP) is 5.87. The van der Waals surface area contributed by atoms with Gasteiger partial charge in [0.15, 0.2) is 5.13 Å². The summed E-state index contributed by atoms with van der Waals surface area (Å²) >= 11 is 1.17. The number of thiazole rings is 1. The third-order valence-electron chi connectivity index (χ3n) is 3.94. The quantitative estimate of drug-likeness (QED) is 0.598. The first-order chi connectivity index (χ1) is 12.9. The van der Waals surface area contributed by atoms with Crippen LogP contribution in [0.2, 0.25) is 0 Å². The average Bonchev–Trinajstić information content (AvgIpc) is 3.08. The maximum absolute atomic E-state index is 13.2. The van der Waals surface area contributed by atoms with Crippen LogP contribution in [0.5, 0.6) is 10.8 Å². The minimum absolute atomic E-state index is 0.303. The minimum atomic E-state index is -0.379. The van der Waals surface area contributed by atoms with Gasteiger partial charge in [0.2, 0.25) is 5.06 Å². The van der Waals surface area contributed by atoms with Crippen LogP contribution in [0.25, 0.3) is 0 Å². The lowest BCUT2D eigenvalue weighted by molar-refractivity contribution is 0.258. The third-order valence-corrected chi connectivity index (χ3v) is 4.73. The van der Waals surface area contributed by atoms with Crippen LogP contribution in [0, 0.1) is 5.82 Å². The molecular weight excluding hydrogens is 365 g/mol. The van der Waals surface area contributed by atoms with Gasteiger partial charge in [-0.05, 0) is 35.7 Å². The predicted molar refractivity (Wildman–Crippen MR) is 107 cm³/mol. The molecule has 2 amide bonds. The Morgan fingerprint density at radius 2 is 2.00 bits per heavy atom. The highest BCUT2D eigenvalue weighted by molar-refractivity contribution is 7.17. The van der Waals surface area contributed by atoms with Crippen molar-refractivity contribution >= 4 is 28.2 Å². The smallest absolute Gasteiger partial charge is 0.327 e. The van der Waals surface area contributed by atoms with Crippen LogP contribution in [0.1, 0.15) is 25.3 Å². The summed E-state index contributed by atoms with van der Waals surface area (Å²) in [5.74, 6) is 0.373. The van der Waals surface area contributed by atoms with Crippen LogP contribution in [-0.4, -0.2) is 18.1 Å². The second kappa shape index (κ2) is 8.18. The number of carbonyl (C=O) groups excluding carboxylic acids is 1. The molecule has 0 unspecified atom stereocenters. The van der Waals surface area contributed by atoms with Crippen molar-refractivity contribution in [1.82, 2.24) is 4.98 Å². The average molecular weight is 385 g/mol. The van der Waals surface area contributed by atoms with E-state index >= 15 is 0 Å². The fourth-order valence-electron chi connectivity index (χ4n) is 2.40. The Kier molecular flexibility index (Phi) is 5.71. The molecule has 0 saturated carbocycles. The molecule has 0 aliphatic heterocycles. The number of halogens is 1. The van der Waals surface area contributed by atoms with Gasteiger partial charge in [0.1, 0.15) is 11.6 Å². The Morgan fingerprint density at radius 3 is 2.74 bits per heavy atom. The molecule has 0 radical (unpaired) electrons. The first-order valence-corrected chi connectivity index (χ1v) is 9.28. The van der Waals surface area contributed by atoms with E-state index in [4.69, 9.17) is 4.74 Å². The Morgan fingerprint density at radius 1 is 1.22 bits per heavy atom. The van der Waals surface area contributed by atoms with Crippen molar-refractivity contribution in [1.29, 1.82) is 0 Å². The summed E-state index contributed by atoms with van der Waals surface area (Å²) in [6.07, 6.45) is 1.49. The molecule has 0 aliphatic rings. The molecule has 27 heavy (non-hydrogen) atoms. The number of aromatic nitrogens is 1. The van der Waals surface area contributed by atoms with Crippen molar-refractivity contribution in [3.63, 3.8) is 0 Å². The van der Waals surface area contributed by atoms with Gasteiger partial charge in [-0.1, -0.05) is 43.4 Å². The number of nitrogens with zero attached hydrogens (tertiary/aromatic N) is 2. The van der Waals surface area contributed by atoms with Crippen molar-refractivity contribution < 1.29 is 13.9 Å². The van der Waals surface area contributed by atoms with Crippen molar-refractivity contribution in [2.45, 2.75) is 19.8 Å². The monoisotopic (exact) mass is 385 g/mol. The minimum Gasteiger partial charge on any atom is -0.445 e. The number of carbonyl (C=O) groups is 1. The fourth-order valence-corrected chi connectivity index (χ4v) is 3.07. The molecule has 140 valence electrons. The number of benzene rings is 2. The third kappa shape index (κ3) is 4.83. The molecule has 3 rings (SSSR count). The van der Waals surface area contributed by atoms with E-state index in [1.165, 1.54) is 34.6 Å². The molecule has 0 aliphatic carbocycles. The number of ether oxygens (including phenoxy) is 1. The summed E-state index contributed by atoms with van der Waals surface area (Å²) in [5.41, 5.74) is 1.96. The highest BCUT2D eigenvalue weighted by atomic mass is 32.1. The topological polar surface area (TPSA) is 54.5 Å². The van der Waals surface area contributed by atoms with Crippen LogP contribution in [-0.2, 0) is 0 Å². The molecule has 7 heteroatoms. The van der Waals surface area contributed by atoms with Crippen LogP contribution in [0.3, 0.4) is 0 Å². The molecule has 2 aromatic carbocycles. The van der Waals surface area contributed by atoms with E-state index in [1.54, 1.807) is 19.2 Å². The molecule has 0 atom stereocenters. The molecule has 1 aromatic heterocycles. The van der Waals surface area contributed by atoms with Crippen molar-refractivity contribution in [3.05, 3.63) is 66.1 Å². The Hall–Kier alpha value is -2.93. The lowest BCUT2D eigenvalue weighted by Gasteiger charge is -2.18. The number of urea groups is 1. The Bertz CT molecular complexity index is 942. The van der Waals surface area contributed by atoms with Crippen molar-refractivity contribution in [2.24, 2.45) is 0 Å². The van der Waals surface area contributed by atoms with Gasteiger partial charge in [0.25, 0.3) is 0 Å². The SMILES string of the molecule is CC(C)c1cccc(N(C)C(=O)Nc2ncc(Oc3cccc(F)c3)s2)c1. The Balaban J connectivity index is 1.66. The second-order valence-corrected chi connectivity index (χ2v) is 7.28. The van der Waals surface area contributed by atoms with Gasteiger partial charge in [-0.25, -0.2) is 14.2 Å². The van der Waals surface area contributed by atoms with E-state index in [0.29, 0.717) is 21.9 Å². The first kappa shape index (κ1) is 18.8. The number of anilines is 2. The number of hydrogen-bond donors (Lipinski definition) is 1. The normalized spacial score (nSPS) is 10.7. The lowest BCUT2D eigenvalue weighted by atomic mass is 10.0. The van der Waals surface area contributed by atoms with Crippen LogP contribution < -0.4 is 15.0 Å². The molecule has 0 fully saturated rings. The summed E-state index contributed by atoms with van der Waals surface area (Å²) in [6.45, 7) is 4.21. The first-order valence-electron chi connectivity index (χ1n) is 8.46. The maximum Gasteiger partial charge on any atom is 0.327 e. The van der Waals surface area contributed by atoms with Gasteiger partial charge >= 0.3 is 6.03 Å². The van der Waals surface area contributed by atoms with Gasteiger partial charge in [-0.3, -0.25) is 10.2 Å². The summed E-state index contributed by atoms with van der Waals surface area (Å²) in [7, 11) is 1.70. The molecule has 5 nitrogen and oxygen atoms in total. The lowest BCUT2D eigenvalue weighted by Crippen LogP contribution is -2.31. The van der Waals surface area contributed by atoms with Crippen LogP contribution >= 0.6 is 11.3 Å². The Labute approximate surface area is 161 Å². The zero-order chi connectivity index (χ0) is 19.4. The molecule has 1 heterocycles. The van der Waals surface area contributed by atoms with Gasteiger partial charge < -0.3 is 4.74 Å². The number of nitrogens with one attached hydrogen (secondary N) is 1. The molecule has 0 spiro atoms. The van der Waals surface area contributed by atoms with Gasteiger partial charge in [-0.2, -0.15) is 0 Å². The van der Waals surface area contributed by atoms with E-state index in [0.717, 1.165) is 11.3 Å². The molecule has 1 N–H and O–H groups in total. The van der Waals surface area contributed by atoms with Crippen LogP contribution in [0.15, 0.2) is 54.7 Å². The molecule has 0 bridgehead atoms. The van der Waals surface area contributed by atoms with Crippen molar-refractivity contribution in [2.75, 3.05) is 17.3 Å². The summed E-state index contributed by atoms with van der Waals surface area (Å²) < 4.78 is 18.8. The van der Waals surface area contributed by atoms with E-state index in [9.17, 15) is 9.18 Å².